The third kappa shape index (κ3) is 7.79. The molecule has 0 fully saturated rings. The van der Waals surface area contributed by atoms with Crippen molar-refractivity contribution in [1.29, 1.82) is 0 Å². The number of terminal acetylenes is 1. The molecule has 0 aliphatic carbocycles. The molecular weight excluding hydrogens is 336 g/mol. The van der Waals surface area contributed by atoms with Crippen molar-refractivity contribution in [1.82, 2.24) is 0 Å². The molecule has 3 heteroatoms. The summed E-state index contributed by atoms with van der Waals surface area (Å²) in [6.07, 6.45) is 5.14. The van der Waals surface area contributed by atoms with Gasteiger partial charge in [0.1, 0.15) is 8.07 Å². The largest absolute Gasteiger partial charge is 0.295 e. The highest BCUT2D eigenvalue weighted by Gasteiger charge is 2.07. The summed E-state index contributed by atoms with van der Waals surface area (Å²) in [5.41, 5.74) is 6.52. The lowest BCUT2D eigenvalue weighted by atomic mass is 10.1. The zero-order valence-electron chi connectivity index (χ0n) is 16.0. The van der Waals surface area contributed by atoms with Crippen molar-refractivity contribution in [2.24, 2.45) is 0 Å². The minimum Gasteiger partial charge on any atom is -0.295 e. The maximum atomic E-state index is 11.0. The molecule has 0 aliphatic heterocycles. The number of benzene rings is 2. The lowest BCUT2D eigenvalue weighted by Gasteiger charge is -2.03. The van der Waals surface area contributed by atoms with Crippen LogP contribution in [0.4, 0.5) is 0 Å². The van der Waals surface area contributed by atoms with Crippen LogP contribution in [0.15, 0.2) is 48.5 Å². The molecule has 0 N–H and O–H groups in total. The van der Waals surface area contributed by atoms with Crippen molar-refractivity contribution in [3.63, 3.8) is 0 Å². The smallest absolute Gasteiger partial charge is 0.159 e. The van der Waals surface area contributed by atoms with E-state index in [0.717, 1.165) is 16.7 Å². The fraction of sp³-hybridized carbons (Fsp3) is 0.217. The number of Topliss-reactive ketones (excluding diaryl/α,β-unsaturated/α-hetero) is 2. The molecule has 2 aromatic carbocycles. The van der Waals surface area contributed by atoms with Crippen LogP contribution < -0.4 is 0 Å². The predicted octanol–water partition coefficient (Wildman–Crippen LogP) is 4.99. The van der Waals surface area contributed by atoms with Crippen LogP contribution in [-0.2, 0) is 0 Å². The van der Waals surface area contributed by atoms with Crippen LogP contribution >= 0.6 is 0 Å². The van der Waals surface area contributed by atoms with Crippen LogP contribution in [0.3, 0.4) is 0 Å². The topological polar surface area (TPSA) is 34.1 Å². The van der Waals surface area contributed by atoms with Gasteiger partial charge >= 0.3 is 0 Å². The first kappa shape index (κ1) is 21.2. The first-order valence-corrected chi connectivity index (χ1v) is 11.8. The van der Waals surface area contributed by atoms with Gasteiger partial charge in [0.2, 0.25) is 0 Å². The number of rotatable bonds is 2. The fourth-order valence-electron chi connectivity index (χ4n) is 1.85. The molecule has 0 saturated carbocycles. The van der Waals surface area contributed by atoms with E-state index in [9.17, 15) is 9.59 Å². The number of hydrogen-bond donors (Lipinski definition) is 0. The average molecular weight is 361 g/mol. The molecule has 0 heterocycles. The number of carbonyl (C=O) groups is 2. The van der Waals surface area contributed by atoms with Crippen LogP contribution in [0, 0.1) is 23.8 Å². The van der Waals surface area contributed by atoms with Crippen LogP contribution in [-0.4, -0.2) is 19.6 Å². The Kier molecular flexibility index (Phi) is 7.78. The second-order valence-electron chi connectivity index (χ2n) is 6.91. The Labute approximate surface area is 157 Å². The molecule has 0 unspecified atom stereocenters. The SMILES string of the molecule is C#Cc1ccc(C(C)=O)cc1.CC(=O)c1ccc(C#C[Si](C)(C)C)cc1. The molecule has 0 aliphatic rings. The summed E-state index contributed by atoms with van der Waals surface area (Å²) >= 11 is 0. The van der Waals surface area contributed by atoms with Gasteiger partial charge in [0, 0.05) is 22.3 Å². The molecule has 0 saturated heterocycles. The highest BCUT2D eigenvalue weighted by atomic mass is 28.3. The average Bonchev–Trinajstić information content (AvgIpc) is 2.60. The van der Waals surface area contributed by atoms with Crippen molar-refractivity contribution in [3.8, 4) is 23.8 Å². The summed E-state index contributed by atoms with van der Waals surface area (Å²) in [6.45, 7) is 9.74. The lowest BCUT2D eigenvalue weighted by molar-refractivity contribution is 0.100. The standard InChI is InChI=1S/C13H16OSi.C10H8O/c1-11(14)13-7-5-12(6-8-13)9-10-15(2,3)4;1-3-9-4-6-10(7-5-9)8(2)11/h5-8H,1-4H3;1,4-7H,2H3. The highest BCUT2D eigenvalue weighted by molar-refractivity contribution is 6.83. The van der Waals surface area contributed by atoms with Crippen molar-refractivity contribution >= 4 is 19.6 Å². The number of ketones is 2. The van der Waals surface area contributed by atoms with E-state index in [-0.39, 0.29) is 11.6 Å². The Hall–Kier alpha value is -2.88. The molecule has 0 bridgehead atoms. The molecule has 0 radical (unpaired) electrons. The van der Waals surface area contributed by atoms with Gasteiger partial charge in [-0.25, -0.2) is 0 Å². The third-order valence-electron chi connectivity index (χ3n) is 3.33. The molecule has 0 atom stereocenters. The molecule has 26 heavy (non-hydrogen) atoms. The molecule has 2 nitrogen and oxygen atoms in total. The zero-order chi connectivity index (χ0) is 19.7. The van der Waals surface area contributed by atoms with E-state index < -0.39 is 8.07 Å². The summed E-state index contributed by atoms with van der Waals surface area (Å²) in [5, 5.41) is 0. The van der Waals surface area contributed by atoms with Crippen molar-refractivity contribution < 1.29 is 9.59 Å². The molecule has 0 spiro atoms. The van der Waals surface area contributed by atoms with Gasteiger partial charge in [0.05, 0.1) is 0 Å². The van der Waals surface area contributed by atoms with E-state index in [2.05, 4.69) is 37.0 Å². The summed E-state index contributed by atoms with van der Waals surface area (Å²) < 4.78 is 0. The zero-order valence-corrected chi connectivity index (χ0v) is 17.0. The molecule has 0 aromatic heterocycles. The van der Waals surface area contributed by atoms with Crippen LogP contribution in [0.2, 0.25) is 19.6 Å². The third-order valence-corrected chi connectivity index (χ3v) is 4.21. The van der Waals surface area contributed by atoms with Crippen molar-refractivity contribution in [3.05, 3.63) is 70.8 Å². The van der Waals surface area contributed by atoms with E-state index in [4.69, 9.17) is 6.42 Å². The summed E-state index contributed by atoms with van der Waals surface area (Å²) in [5.74, 6) is 5.79. The Morgan fingerprint density at radius 1 is 0.769 bits per heavy atom. The second-order valence-corrected chi connectivity index (χ2v) is 11.7. The van der Waals surface area contributed by atoms with Gasteiger partial charge in [-0.05, 0) is 38.1 Å². The lowest BCUT2D eigenvalue weighted by Crippen LogP contribution is -2.16. The first-order valence-electron chi connectivity index (χ1n) is 8.34. The molecule has 0 amide bonds. The van der Waals surface area contributed by atoms with Crippen LogP contribution in [0.5, 0.6) is 0 Å². The quantitative estimate of drug-likeness (QED) is 0.429. The van der Waals surface area contributed by atoms with Gasteiger partial charge < -0.3 is 0 Å². The molecule has 2 rings (SSSR count). The van der Waals surface area contributed by atoms with Gasteiger partial charge in [-0.2, -0.15) is 0 Å². The Bertz CT molecular complexity index is 866. The summed E-state index contributed by atoms with van der Waals surface area (Å²) in [4.78, 5) is 21.8. The highest BCUT2D eigenvalue weighted by Crippen LogP contribution is 2.05. The summed E-state index contributed by atoms with van der Waals surface area (Å²) in [6, 6.07) is 14.5. The van der Waals surface area contributed by atoms with Crippen molar-refractivity contribution in [2.45, 2.75) is 33.5 Å². The van der Waals surface area contributed by atoms with E-state index in [1.54, 1.807) is 31.2 Å². The fourth-order valence-corrected chi connectivity index (χ4v) is 2.37. The van der Waals surface area contributed by atoms with E-state index >= 15 is 0 Å². The first-order chi connectivity index (χ1) is 12.1. The normalized spacial score (nSPS) is 9.69. The number of carbonyl (C=O) groups excluding carboxylic acids is 2. The maximum Gasteiger partial charge on any atom is 0.159 e. The van der Waals surface area contributed by atoms with E-state index in [1.807, 2.05) is 24.3 Å². The Morgan fingerprint density at radius 3 is 1.46 bits per heavy atom. The minimum absolute atomic E-state index is 0.0635. The van der Waals surface area contributed by atoms with Gasteiger partial charge in [-0.15, -0.1) is 12.0 Å². The Morgan fingerprint density at radius 2 is 1.15 bits per heavy atom. The van der Waals surface area contributed by atoms with E-state index in [1.165, 1.54) is 6.92 Å². The minimum atomic E-state index is -1.30. The van der Waals surface area contributed by atoms with Gasteiger partial charge in [-0.1, -0.05) is 55.7 Å². The second kappa shape index (κ2) is 9.56. The molecule has 2 aromatic rings. The Balaban J connectivity index is 0.000000273. The monoisotopic (exact) mass is 360 g/mol. The maximum absolute atomic E-state index is 11.0. The van der Waals surface area contributed by atoms with Gasteiger partial charge in [0.25, 0.3) is 0 Å². The number of hydrogen-bond acceptors (Lipinski definition) is 2. The van der Waals surface area contributed by atoms with Crippen molar-refractivity contribution in [2.75, 3.05) is 0 Å². The van der Waals surface area contributed by atoms with Crippen LogP contribution in [0.25, 0.3) is 0 Å². The van der Waals surface area contributed by atoms with Crippen LogP contribution in [0.1, 0.15) is 45.7 Å². The molecule has 132 valence electrons. The summed E-state index contributed by atoms with van der Waals surface area (Å²) in [7, 11) is -1.30. The van der Waals surface area contributed by atoms with Gasteiger partial charge in [0.15, 0.2) is 11.6 Å². The van der Waals surface area contributed by atoms with E-state index in [0.29, 0.717) is 5.56 Å². The predicted molar refractivity (Wildman–Crippen MR) is 111 cm³/mol. The van der Waals surface area contributed by atoms with Gasteiger partial charge in [-0.3, -0.25) is 9.59 Å². The molecular formula is C23H24O2Si.